The van der Waals surface area contributed by atoms with E-state index in [9.17, 15) is 9.59 Å². The SMILES string of the molecule is Nc1ccc2c(c1)C1=CC(NC(=O)c3ccnnc3)=CC=CC1O2.O=C(O)c1ccc(Cl)cc1. The molecular formula is C25H19ClN4O4. The molecule has 1 aliphatic carbocycles. The van der Waals surface area contributed by atoms with Gasteiger partial charge in [-0.05, 0) is 66.8 Å². The number of benzene rings is 2. The van der Waals surface area contributed by atoms with Crippen LogP contribution in [0.15, 0.2) is 90.9 Å². The summed E-state index contributed by atoms with van der Waals surface area (Å²) in [5, 5.41) is 19.2. The Labute approximate surface area is 200 Å². The molecule has 2 heterocycles. The number of aromatic carboxylic acids is 1. The highest BCUT2D eigenvalue weighted by atomic mass is 35.5. The van der Waals surface area contributed by atoms with Crippen LogP contribution in [0.1, 0.15) is 26.3 Å². The number of carbonyl (C=O) groups excluding carboxylic acids is 1. The Morgan fingerprint density at radius 3 is 2.56 bits per heavy atom. The number of carboxylic acid groups (broad SMARTS) is 1. The van der Waals surface area contributed by atoms with Crippen molar-refractivity contribution in [1.29, 1.82) is 0 Å². The lowest BCUT2D eigenvalue weighted by molar-refractivity contribution is 0.0696. The second-order valence-electron chi connectivity index (χ2n) is 7.30. The number of fused-ring (bicyclic) bond motifs is 3. The summed E-state index contributed by atoms with van der Waals surface area (Å²) >= 11 is 5.52. The van der Waals surface area contributed by atoms with Crippen molar-refractivity contribution < 1.29 is 19.4 Å². The number of carbonyl (C=O) groups is 2. The smallest absolute Gasteiger partial charge is 0.335 e. The minimum Gasteiger partial charge on any atom is -0.481 e. The molecule has 4 N–H and O–H groups in total. The molecule has 0 spiro atoms. The summed E-state index contributed by atoms with van der Waals surface area (Å²) in [7, 11) is 0. The Balaban J connectivity index is 0.000000231. The quantitative estimate of drug-likeness (QED) is 0.487. The predicted octanol–water partition coefficient (Wildman–Crippen LogP) is 4.13. The molecule has 1 atom stereocenters. The fourth-order valence-corrected chi connectivity index (χ4v) is 3.43. The standard InChI is InChI=1S/C18H14N4O2.C7H5ClO2/c19-12-4-5-17-14(8-12)15-9-13(2-1-3-16(15)24-17)22-18(23)11-6-7-20-21-10-11;8-6-3-1-5(2-4-6)7(9)10/h1-10,16H,19H2,(H,22,23);1-4H,(H,9,10). The average Bonchev–Trinajstić information content (AvgIpc) is 3.03. The number of halogens is 1. The Kier molecular flexibility index (Phi) is 6.70. The van der Waals surface area contributed by atoms with Crippen LogP contribution in [0.4, 0.5) is 5.69 Å². The van der Waals surface area contributed by atoms with Gasteiger partial charge in [0, 0.05) is 27.5 Å². The molecule has 5 rings (SSSR count). The second-order valence-corrected chi connectivity index (χ2v) is 7.73. The number of hydrogen-bond donors (Lipinski definition) is 3. The van der Waals surface area contributed by atoms with Crippen LogP contribution >= 0.6 is 11.6 Å². The summed E-state index contributed by atoms with van der Waals surface area (Å²) in [6.07, 6.45) is 10.3. The van der Waals surface area contributed by atoms with Gasteiger partial charge in [-0.3, -0.25) is 4.79 Å². The van der Waals surface area contributed by atoms with Gasteiger partial charge in [0.1, 0.15) is 11.9 Å². The van der Waals surface area contributed by atoms with Gasteiger partial charge in [-0.25, -0.2) is 4.79 Å². The van der Waals surface area contributed by atoms with Crippen LogP contribution in [0.25, 0.3) is 5.57 Å². The van der Waals surface area contributed by atoms with E-state index in [0.29, 0.717) is 22.0 Å². The van der Waals surface area contributed by atoms with Crippen molar-refractivity contribution in [3.05, 3.63) is 113 Å². The van der Waals surface area contributed by atoms with Gasteiger partial charge in [-0.1, -0.05) is 17.7 Å². The van der Waals surface area contributed by atoms with Gasteiger partial charge in [0.15, 0.2) is 0 Å². The van der Waals surface area contributed by atoms with E-state index in [4.69, 9.17) is 27.2 Å². The number of aromatic nitrogens is 2. The first-order valence-electron chi connectivity index (χ1n) is 10.1. The van der Waals surface area contributed by atoms with E-state index in [-0.39, 0.29) is 17.6 Å². The highest BCUT2D eigenvalue weighted by Crippen LogP contribution is 2.40. The average molecular weight is 475 g/mol. The molecule has 2 aromatic carbocycles. The van der Waals surface area contributed by atoms with E-state index in [1.165, 1.54) is 24.5 Å². The highest BCUT2D eigenvalue weighted by Gasteiger charge is 2.28. The molecule has 3 aromatic rings. The van der Waals surface area contributed by atoms with Crippen LogP contribution in [-0.4, -0.2) is 33.3 Å². The molecule has 0 saturated carbocycles. The molecule has 1 amide bonds. The number of anilines is 1. The van der Waals surface area contributed by atoms with Crippen molar-refractivity contribution in [1.82, 2.24) is 15.5 Å². The zero-order valence-corrected chi connectivity index (χ0v) is 18.4. The largest absolute Gasteiger partial charge is 0.481 e. The van der Waals surface area contributed by atoms with Gasteiger partial charge in [0.05, 0.1) is 23.5 Å². The maximum Gasteiger partial charge on any atom is 0.335 e. The van der Waals surface area contributed by atoms with Crippen molar-refractivity contribution in [2.24, 2.45) is 0 Å². The molecule has 0 radical (unpaired) electrons. The normalized spacial score (nSPS) is 15.3. The van der Waals surface area contributed by atoms with Crippen molar-refractivity contribution in [3.63, 3.8) is 0 Å². The van der Waals surface area contributed by atoms with Crippen LogP contribution in [0.5, 0.6) is 5.75 Å². The summed E-state index contributed by atoms with van der Waals surface area (Å²) < 4.78 is 5.91. The summed E-state index contributed by atoms with van der Waals surface area (Å²) in [4.78, 5) is 22.6. The molecule has 9 heteroatoms. The van der Waals surface area contributed by atoms with Gasteiger partial charge in [-0.15, -0.1) is 0 Å². The number of carboxylic acids is 1. The molecule has 0 saturated heterocycles. The second kappa shape index (κ2) is 10.0. The molecule has 1 aromatic heterocycles. The molecule has 1 unspecified atom stereocenters. The molecule has 34 heavy (non-hydrogen) atoms. The fraction of sp³-hybridized carbons (Fsp3) is 0.0400. The number of rotatable bonds is 3. The molecule has 2 aliphatic rings. The van der Waals surface area contributed by atoms with E-state index >= 15 is 0 Å². The number of nitrogens with two attached hydrogens (primary N) is 1. The number of nitrogen functional groups attached to an aromatic ring is 1. The maximum atomic E-state index is 12.3. The highest BCUT2D eigenvalue weighted by molar-refractivity contribution is 6.30. The van der Waals surface area contributed by atoms with E-state index in [2.05, 4.69) is 15.5 Å². The minimum absolute atomic E-state index is 0.185. The van der Waals surface area contributed by atoms with Gasteiger partial charge < -0.3 is 20.9 Å². The van der Waals surface area contributed by atoms with Crippen LogP contribution in [-0.2, 0) is 0 Å². The third-order valence-electron chi connectivity index (χ3n) is 4.94. The third kappa shape index (κ3) is 5.31. The molecule has 0 bridgehead atoms. The van der Waals surface area contributed by atoms with Gasteiger partial charge in [0.25, 0.3) is 5.91 Å². The van der Waals surface area contributed by atoms with Crippen molar-refractivity contribution >= 4 is 34.7 Å². The van der Waals surface area contributed by atoms with Crippen molar-refractivity contribution in [2.45, 2.75) is 6.10 Å². The van der Waals surface area contributed by atoms with Crippen molar-refractivity contribution in [3.8, 4) is 5.75 Å². The fourth-order valence-electron chi connectivity index (χ4n) is 3.31. The van der Waals surface area contributed by atoms with E-state index < -0.39 is 5.97 Å². The Morgan fingerprint density at radius 1 is 1.06 bits per heavy atom. The summed E-state index contributed by atoms with van der Waals surface area (Å²) in [6, 6.07) is 13.2. The Bertz CT molecular complexity index is 1320. The summed E-state index contributed by atoms with van der Waals surface area (Å²) in [5.74, 6) is -0.390. The Morgan fingerprint density at radius 2 is 1.85 bits per heavy atom. The van der Waals surface area contributed by atoms with E-state index in [0.717, 1.165) is 16.9 Å². The lowest BCUT2D eigenvalue weighted by Gasteiger charge is -2.08. The van der Waals surface area contributed by atoms with E-state index in [1.807, 2.05) is 42.5 Å². The number of nitrogens with one attached hydrogen (secondary N) is 1. The van der Waals surface area contributed by atoms with Crippen LogP contribution in [0.3, 0.4) is 0 Å². The lowest BCUT2D eigenvalue weighted by Crippen LogP contribution is -2.22. The zero-order chi connectivity index (χ0) is 24.1. The number of ether oxygens (including phenoxy) is 1. The maximum absolute atomic E-state index is 12.3. The van der Waals surface area contributed by atoms with Gasteiger partial charge >= 0.3 is 5.97 Å². The zero-order valence-electron chi connectivity index (χ0n) is 17.7. The summed E-state index contributed by atoms with van der Waals surface area (Å²) in [5.41, 5.74) is 9.83. The van der Waals surface area contributed by atoms with Crippen LogP contribution < -0.4 is 15.8 Å². The first-order valence-corrected chi connectivity index (χ1v) is 10.5. The first-order chi connectivity index (χ1) is 16.4. The monoisotopic (exact) mass is 474 g/mol. The lowest BCUT2D eigenvalue weighted by atomic mass is 10.0. The first kappa shape index (κ1) is 22.8. The molecule has 0 fully saturated rings. The van der Waals surface area contributed by atoms with Gasteiger partial charge in [0.2, 0.25) is 0 Å². The topological polar surface area (TPSA) is 127 Å². The van der Waals surface area contributed by atoms with E-state index in [1.54, 1.807) is 18.2 Å². The molecule has 170 valence electrons. The molecular weight excluding hydrogens is 456 g/mol. The van der Waals surface area contributed by atoms with Gasteiger partial charge in [-0.2, -0.15) is 10.2 Å². The third-order valence-corrected chi connectivity index (χ3v) is 5.20. The number of nitrogens with zero attached hydrogens (tertiary/aromatic N) is 2. The van der Waals surface area contributed by atoms with Crippen molar-refractivity contribution in [2.75, 3.05) is 5.73 Å². The number of hydrogen-bond acceptors (Lipinski definition) is 6. The summed E-state index contributed by atoms with van der Waals surface area (Å²) in [6.45, 7) is 0. The van der Waals surface area contributed by atoms with Crippen LogP contribution in [0.2, 0.25) is 5.02 Å². The molecule has 8 nitrogen and oxygen atoms in total. The Hall–Kier alpha value is -4.43. The van der Waals surface area contributed by atoms with Crippen LogP contribution in [0, 0.1) is 0 Å². The minimum atomic E-state index is -0.934. The number of allylic oxidation sites excluding steroid dienone is 3. The number of amides is 1. The molecule has 1 aliphatic heterocycles. The predicted molar refractivity (Wildman–Crippen MR) is 128 cm³/mol.